The second-order valence-corrected chi connectivity index (χ2v) is 6.52. The summed E-state index contributed by atoms with van der Waals surface area (Å²) in [5.74, 6) is -0.604. The van der Waals surface area contributed by atoms with E-state index in [1.807, 2.05) is 0 Å². The van der Waals surface area contributed by atoms with Crippen molar-refractivity contribution < 1.29 is 19.2 Å². The first-order valence-corrected chi connectivity index (χ1v) is 7.79. The van der Waals surface area contributed by atoms with Crippen molar-refractivity contribution in [2.45, 2.75) is 26.4 Å². The number of hydrogen-bond donors (Lipinski definition) is 1. The Labute approximate surface area is 148 Å². The Kier molecular flexibility index (Phi) is 4.33. The first-order valence-electron chi connectivity index (χ1n) is 7.79. The Balaban J connectivity index is 1.74. The van der Waals surface area contributed by atoms with Crippen LogP contribution in [0.1, 0.15) is 31.4 Å². The van der Waals surface area contributed by atoms with Crippen molar-refractivity contribution in [3.63, 3.8) is 0 Å². The Morgan fingerprint density at radius 2 is 1.92 bits per heavy atom. The molecule has 3 rings (SSSR count). The zero-order chi connectivity index (χ0) is 18.9. The van der Waals surface area contributed by atoms with Gasteiger partial charge in [-0.05, 0) is 38.1 Å². The number of imidazole rings is 1. The number of nitrogens with zero attached hydrogens (tertiary/aromatic N) is 5. The minimum absolute atomic E-state index is 0.0179. The van der Waals surface area contributed by atoms with Gasteiger partial charge in [-0.3, -0.25) is 5.32 Å². The predicted octanol–water partition coefficient (Wildman–Crippen LogP) is 1.78. The van der Waals surface area contributed by atoms with Crippen molar-refractivity contribution in [2.75, 3.05) is 5.32 Å². The SMILES string of the molecule is Cn1cc(NC(=O)OC(C)(C)C)nc1C(=O)On1nnc2ccccc21. The molecular formula is C16H18N6O4. The number of fused-ring (bicyclic) bond motifs is 1. The molecule has 0 fully saturated rings. The maximum atomic E-state index is 12.4. The normalized spacial score (nSPS) is 11.4. The second kappa shape index (κ2) is 6.47. The van der Waals surface area contributed by atoms with E-state index in [0.717, 1.165) is 4.85 Å². The highest BCUT2D eigenvalue weighted by molar-refractivity contribution is 5.89. The van der Waals surface area contributed by atoms with Gasteiger partial charge in [-0.2, -0.15) is 0 Å². The summed E-state index contributed by atoms with van der Waals surface area (Å²) in [5.41, 5.74) is 0.490. The molecule has 0 aliphatic carbocycles. The highest BCUT2D eigenvalue weighted by Gasteiger charge is 2.21. The summed E-state index contributed by atoms with van der Waals surface area (Å²) in [6.45, 7) is 5.24. The second-order valence-electron chi connectivity index (χ2n) is 6.52. The van der Waals surface area contributed by atoms with Crippen LogP contribution in [0.15, 0.2) is 30.5 Å². The number of anilines is 1. The smallest absolute Gasteiger partial charge is 0.413 e. The van der Waals surface area contributed by atoms with E-state index in [9.17, 15) is 9.59 Å². The molecule has 0 spiro atoms. The summed E-state index contributed by atoms with van der Waals surface area (Å²) < 4.78 is 6.57. The molecule has 10 nitrogen and oxygen atoms in total. The third-order valence-electron chi connectivity index (χ3n) is 3.18. The molecule has 136 valence electrons. The molecule has 2 aromatic heterocycles. The molecule has 2 heterocycles. The third-order valence-corrected chi connectivity index (χ3v) is 3.18. The Morgan fingerprint density at radius 3 is 2.65 bits per heavy atom. The number of nitrogens with one attached hydrogen (secondary N) is 1. The number of rotatable bonds is 3. The monoisotopic (exact) mass is 358 g/mol. The van der Waals surface area contributed by atoms with Gasteiger partial charge in [0.25, 0.3) is 0 Å². The van der Waals surface area contributed by atoms with Crippen molar-refractivity contribution >= 4 is 28.9 Å². The standard InChI is InChI=1S/C16H18N6O4/c1-16(2,3)25-15(24)18-12-9-21(4)13(17-12)14(23)26-22-11-8-6-5-7-10(11)19-20-22/h5-9H,1-4H3,(H,18,24). The molecule has 0 atom stereocenters. The molecule has 0 saturated carbocycles. The first-order chi connectivity index (χ1) is 12.2. The van der Waals surface area contributed by atoms with E-state index >= 15 is 0 Å². The molecule has 1 amide bonds. The fourth-order valence-electron chi connectivity index (χ4n) is 2.16. The highest BCUT2D eigenvalue weighted by atomic mass is 16.7. The molecular weight excluding hydrogens is 340 g/mol. The predicted molar refractivity (Wildman–Crippen MR) is 91.5 cm³/mol. The van der Waals surface area contributed by atoms with Gasteiger partial charge in [0.1, 0.15) is 16.6 Å². The van der Waals surface area contributed by atoms with Crippen LogP contribution < -0.4 is 10.2 Å². The van der Waals surface area contributed by atoms with Crippen LogP contribution in [0.4, 0.5) is 10.6 Å². The average molecular weight is 358 g/mol. The molecule has 0 saturated heterocycles. The largest absolute Gasteiger partial charge is 0.444 e. The summed E-state index contributed by atoms with van der Waals surface area (Å²) in [5, 5.41) is 10.2. The van der Waals surface area contributed by atoms with Crippen molar-refractivity contribution in [3.05, 3.63) is 36.3 Å². The van der Waals surface area contributed by atoms with Gasteiger partial charge in [-0.25, -0.2) is 14.6 Å². The van der Waals surface area contributed by atoms with Crippen molar-refractivity contribution in [3.8, 4) is 0 Å². The van der Waals surface area contributed by atoms with Crippen LogP contribution in [0.25, 0.3) is 11.0 Å². The van der Waals surface area contributed by atoms with E-state index < -0.39 is 17.7 Å². The van der Waals surface area contributed by atoms with Crippen LogP contribution in [-0.2, 0) is 11.8 Å². The number of amides is 1. The molecule has 26 heavy (non-hydrogen) atoms. The summed E-state index contributed by atoms with van der Waals surface area (Å²) in [6.07, 6.45) is 0.803. The number of hydrogen-bond acceptors (Lipinski definition) is 7. The molecule has 0 aliphatic rings. The number of carbonyl (C=O) groups excluding carboxylic acids is 2. The van der Waals surface area contributed by atoms with Crippen molar-refractivity contribution in [1.82, 2.24) is 24.7 Å². The van der Waals surface area contributed by atoms with Crippen LogP contribution in [0.2, 0.25) is 0 Å². The van der Waals surface area contributed by atoms with Crippen molar-refractivity contribution in [1.29, 1.82) is 0 Å². The topological polar surface area (TPSA) is 113 Å². The molecule has 0 unspecified atom stereocenters. The van der Waals surface area contributed by atoms with E-state index in [4.69, 9.17) is 9.57 Å². The van der Waals surface area contributed by atoms with E-state index in [1.54, 1.807) is 52.1 Å². The minimum atomic E-state index is -0.750. The highest BCUT2D eigenvalue weighted by Crippen LogP contribution is 2.13. The quantitative estimate of drug-likeness (QED) is 0.710. The van der Waals surface area contributed by atoms with Crippen LogP contribution in [-0.4, -0.2) is 42.4 Å². The van der Waals surface area contributed by atoms with Gasteiger partial charge >= 0.3 is 12.1 Å². The summed E-state index contributed by atoms with van der Waals surface area (Å²) in [4.78, 5) is 34.5. The Bertz CT molecular complexity index is 969. The maximum absolute atomic E-state index is 12.4. The average Bonchev–Trinajstić information content (AvgIpc) is 3.09. The molecule has 3 aromatic rings. The van der Waals surface area contributed by atoms with Crippen molar-refractivity contribution in [2.24, 2.45) is 7.05 Å². The zero-order valence-corrected chi connectivity index (χ0v) is 14.8. The van der Waals surface area contributed by atoms with E-state index in [1.165, 1.54) is 10.8 Å². The molecule has 1 aromatic carbocycles. The fourth-order valence-corrected chi connectivity index (χ4v) is 2.16. The molecule has 10 heteroatoms. The minimum Gasteiger partial charge on any atom is -0.444 e. The van der Waals surface area contributed by atoms with E-state index in [2.05, 4.69) is 20.6 Å². The van der Waals surface area contributed by atoms with Gasteiger partial charge in [-0.15, -0.1) is 5.10 Å². The lowest BCUT2D eigenvalue weighted by molar-refractivity contribution is 0.0390. The summed E-state index contributed by atoms with van der Waals surface area (Å²) in [7, 11) is 1.60. The lowest BCUT2D eigenvalue weighted by Crippen LogP contribution is -2.27. The number of aryl methyl sites for hydroxylation is 1. The van der Waals surface area contributed by atoms with E-state index in [0.29, 0.717) is 11.0 Å². The van der Waals surface area contributed by atoms with Crippen LogP contribution in [0.5, 0.6) is 0 Å². The summed E-state index contributed by atoms with van der Waals surface area (Å²) in [6, 6.07) is 7.04. The number of carbonyl (C=O) groups is 2. The van der Waals surface area contributed by atoms with Crippen LogP contribution >= 0.6 is 0 Å². The molecule has 0 aliphatic heterocycles. The number of benzene rings is 1. The first kappa shape index (κ1) is 17.4. The fraction of sp³-hybridized carbons (Fsp3) is 0.312. The summed E-state index contributed by atoms with van der Waals surface area (Å²) >= 11 is 0. The lowest BCUT2D eigenvalue weighted by Gasteiger charge is -2.18. The van der Waals surface area contributed by atoms with Gasteiger partial charge in [0.05, 0.1) is 0 Å². The van der Waals surface area contributed by atoms with Gasteiger partial charge in [0, 0.05) is 13.2 Å². The Hall–Kier alpha value is -3.43. The Morgan fingerprint density at radius 1 is 1.19 bits per heavy atom. The lowest BCUT2D eigenvalue weighted by atomic mass is 10.2. The third kappa shape index (κ3) is 3.79. The van der Waals surface area contributed by atoms with Crippen LogP contribution in [0.3, 0.4) is 0 Å². The maximum Gasteiger partial charge on any atom is 0.413 e. The van der Waals surface area contributed by atoms with Gasteiger partial charge in [0.2, 0.25) is 5.82 Å². The zero-order valence-electron chi connectivity index (χ0n) is 14.8. The van der Waals surface area contributed by atoms with Gasteiger partial charge < -0.3 is 14.1 Å². The number of para-hydroxylation sites is 1. The molecule has 0 bridgehead atoms. The van der Waals surface area contributed by atoms with Gasteiger partial charge in [0.15, 0.2) is 5.82 Å². The van der Waals surface area contributed by atoms with Crippen LogP contribution in [0, 0.1) is 0 Å². The van der Waals surface area contributed by atoms with E-state index in [-0.39, 0.29) is 11.6 Å². The van der Waals surface area contributed by atoms with Gasteiger partial charge in [-0.1, -0.05) is 17.0 Å². The number of aromatic nitrogens is 5. The molecule has 1 N–H and O–H groups in total. The number of ether oxygens (including phenoxy) is 1. The molecule has 0 radical (unpaired) electrons.